The number of alkyl halides is 1. The summed E-state index contributed by atoms with van der Waals surface area (Å²) in [6.45, 7) is 0.421. The zero-order chi connectivity index (χ0) is 13.8. The molecule has 0 radical (unpaired) electrons. The van der Waals surface area contributed by atoms with Crippen LogP contribution < -0.4 is 4.74 Å². The van der Waals surface area contributed by atoms with E-state index in [1.165, 1.54) is 0 Å². The van der Waals surface area contributed by atoms with Gasteiger partial charge in [0.05, 0.1) is 10.9 Å². The minimum atomic E-state index is 0.300. The molecule has 0 N–H and O–H groups in total. The Balaban J connectivity index is 2.19. The second-order valence-electron chi connectivity index (χ2n) is 3.93. The Kier molecular flexibility index (Phi) is 5.40. The van der Waals surface area contributed by atoms with Gasteiger partial charge in [-0.3, -0.25) is 0 Å². The molecule has 0 saturated carbocycles. The van der Waals surface area contributed by atoms with Crippen molar-refractivity contribution in [2.24, 2.45) is 0 Å². The van der Waals surface area contributed by atoms with Crippen LogP contribution in [-0.4, -0.2) is 0 Å². The summed E-state index contributed by atoms with van der Waals surface area (Å²) in [6.07, 6.45) is 0. The van der Waals surface area contributed by atoms with E-state index in [-0.39, 0.29) is 0 Å². The molecule has 19 heavy (non-hydrogen) atoms. The van der Waals surface area contributed by atoms with Crippen LogP contribution in [0.4, 0.5) is 0 Å². The quantitative estimate of drug-likeness (QED) is 0.585. The highest BCUT2D eigenvalue weighted by Crippen LogP contribution is 2.34. The molecule has 0 aliphatic heterocycles. The SMILES string of the molecule is ClCc1cc(Cl)cc(Cl)c1OCc1cccc(Br)c1. The van der Waals surface area contributed by atoms with Crippen molar-refractivity contribution in [2.45, 2.75) is 12.5 Å². The smallest absolute Gasteiger partial charge is 0.142 e. The zero-order valence-corrected chi connectivity index (χ0v) is 13.7. The number of rotatable bonds is 4. The maximum Gasteiger partial charge on any atom is 0.142 e. The lowest BCUT2D eigenvalue weighted by atomic mass is 10.2. The fraction of sp³-hybridized carbons (Fsp3) is 0.143. The summed E-state index contributed by atoms with van der Waals surface area (Å²) in [5.74, 6) is 0.884. The molecule has 0 aliphatic carbocycles. The molecule has 1 nitrogen and oxygen atoms in total. The topological polar surface area (TPSA) is 9.23 Å². The van der Waals surface area contributed by atoms with Crippen molar-refractivity contribution in [1.82, 2.24) is 0 Å². The predicted octanol–water partition coefficient (Wildman–Crippen LogP) is 6.07. The maximum absolute atomic E-state index is 6.13. The van der Waals surface area contributed by atoms with Crippen LogP contribution in [0, 0.1) is 0 Å². The van der Waals surface area contributed by atoms with Gasteiger partial charge in [-0.05, 0) is 29.8 Å². The second-order valence-corrected chi connectivity index (χ2v) is 5.95. The van der Waals surface area contributed by atoms with Crippen LogP contribution in [0.3, 0.4) is 0 Å². The molecular formula is C14H10BrCl3O. The van der Waals surface area contributed by atoms with Crippen molar-refractivity contribution >= 4 is 50.7 Å². The number of hydrogen-bond acceptors (Lipinski definition) is 1. The monoisotopic (exact) mass is 378 g/mol. The standard InChI is InChI=1S/C14H10BrCl3O/c15-11-3-1-2-9(4-11)8-19-14-10(7-16)5-12(17)6-13(14)18/h1-6H,7-8H2. The van der Waals surface area contributed by atoms with Gasteiger partial charge in [0, 0.05) is 15.1 Å². The van der Waals surface area contributed by atoms with Gasteiger partial charge in [0.15, 0.2) is 0 Å². The molecule has 2 aromatic rings. The van der Waals surface area contributed by atoms with Gasteiger partial charge < -0.3 is 4.74 Å². The minimum Gasteiger partial charge on any atom is -0.487 e. The van der Waals surface area contributed by atoms with Crippen molar-refractivity contribution < 1.29 is 4.74 Å². The largest absolute Gasteiger partial charge is 0.487 e. The van der Waals surface area contributed by atoms with E-state index in [4.69, 9.17) is 39.5 Å². The Morgan fingerprint density at radius 3 is 2.58 bits per heavy atom. The average molecular weight is 380 g/mol. The lowest BCUT2D eigenvalue weighted by Gasteiger charge is -2.12. The van der Waals surface area contributed by atoms with Crippen molar-refractivity contribution in [1.29, 1.82) is 0 Å². The predicted molar refractivity (Wildman–Crippen MR) is 84.5 cm³/mol. The molecule has 0 heterocycles. The highest BCUT2D eigenvalue weighted by molar-refractivity contribution is 9.10. The molecule has 5 heteroatoms. The van der Waals surface area contributed by atoms with Gasteiger partial charge in [-0.1, -0.05) is 51.3 Å². The number of benzene rings is 2. The average Bonchev–Trinajstić information content (AvgIpc) is 2.37. The van der Waals surface area contributed by atoms with Gasteiger partial charge in [-0.2, -0.15) is 0 Å². The summed E-state index contributed by atoms with van der Waals surface area (Å²) in [5, 5.41) is 1.02. The second kappa shape index (κ2) is 6.85. The van der Waals surface area contributed by atoms with E-state index in [0.717, 1.165) is 15.6 Å². The number of hydrogen-bond donors (Lipinski definition) is 0. The summed E-state index contributed by atoms with van der Waals surface area (Å²) < 4.78 is 6.77. The van der Waals surface area contributed by atoms with Crippen LogP contribution in [0.5, 0.6) is 5.75 Å². The van der Waals surface area contributed by atoms with E-state index >= 15 is 0 Å². The van der Waals surface area contributed by atoms with Crippen LogP contribution in [-0.2, 0) is 12.5 Å². The minimum absolute atomic E-state index is 0.300. The lowest BCUT2D eigenvalue weighted by Crippen LogP contribution is -1.99. The molecule has 0 unspecified atom stereocenters. The Morgan fingerprint density at radius 1 is 1.11 bits per heavy atom. The molecule has 2 rings (SSSR count). The Morgan fingerprint density at radius 2 is 1.89 bits per heavy atom. The van der Waals surface area contributed by atoms with E-state index in [9.17, 15) is 0 Å². The third kappa shape index (κ3) is 4.03. The summed E-state index contributed by atoms with van der Waals surface area (Å²) in [4.78, 5) is 0. The Hall–Kier alpha value is -0.410. The van der Waals surface area contributed by atoms with Crippen LogP contribution >= 0.6 is 50.7 Å². The third-order valence-electron chi connectivity index (χ3n) is 2.50. The summed E-state index contributed by atoms with van der Waals surface area (Å²) >= 11 is 21.4. The summed E-state index contributed by atoms with van der Waals surface area (Å²) in [7, 11) is 0. The van der Waals surface area contributed by atoms with Crippen LogP contribution in [0.25, 0.3) is 0 Å². The lowest BCUT2D eigenvalue weighted by molar-refractivity contribution is 0.304. The Labute approximate surface area is 135 Å². The highest BCUT2D eigenvalue weighted by Gasteiger charge is 2.10. The van der Waals surface area contributed by atoms with Gasteiger partial charge in [-0.25, -0.2) is 0 Å². The van der Waals surface area contributed by atoms with E-state index in [2.05, 4.69) is 15.9 Å². The van der Waals surface area contributed by atoms with E-state index in [0.29, 0.717) is 28.3 Å². The molecule has 0 bridgehead atoms. The molecule has 0 amide bonds. The highest BCUT2D eigenvalue weighted by atomic mass is 79.9. The van der Waals surface area contributed by atoms with Gasteiger partial charge in [0.2, 0.25) is 0 Å². The van der Waals surface area contributed by atoms with Crippen LogP contribution in [0.15, 0.2) is 40.9 Å². The van der Waals surface area contributed by atoms with Crippen LogP contribution in [0.1, 0.15) is 11.1 Å². The van der Waals surface area contributed by atoms with Crippen LogP contribution in [0.2, 0.25) is 10.0 Å². The van der Waals surface area contributed by atoms with Gasteiger partial charge in [0.1, 0.15) is 12.4 Å². The van der Waals surface area contributed by atoms with Crippen molar-refractivity contribution in [2.75, 3.05) is 0 Å². The summed E-state index contributed by atoms with van der Waals surface area (Å²) in [5.41, 5.74) is 1.83. The first-order valence-corrected chi connectivity index (χ1v) is 7.59. The van der Waals surface area contributed by atoms with E-state index < -0.39 is 0 Å². The zero-order valence-electron chi connectivity index (χ0n) is 9.80. The van der Waals surface area contributed by atoms with Gasteiger partial charge >= 0.3 is 0 Å². The van der Waals surface area contributed by atoms with E-state index in [1.807, 2.05) is 24.3 Å². The van der Waals surface area contributed by atoms with Crippen molar-refractivity contribution in [3.63, 3.8) is 0 Å². The molecule has 0 aliphatic rings. The molecule has 0 atom stereocenters. The van der Waals surface area contributed by atoms with Gasteiger partial charge in [-0.15, -0.1) is 11.6 Å². The fourth-order valence-electron chi connectivity index (χ4n) is 1.66. The fourth-order valence-corrected chi connectivity index (χ4v) is 2.89. The van der Waals surface area contributed by atoms with Gasteiger partial charge in [0.25, 0.3) is 0 Å². The molecule has 0 spiro atoms. The molecule has 0 aromatic heterocycles. The first-order valence-electron chi connectivity index (χ1n) is 5.51. The number of halogens is 4. The molecule has 100 valence electrons. The Bertz CT molecular complexity index is 587. The third-order valence-corrected chi connectivity index (χ3v) is 3.78. The molecular weight excluding hydrogens is 370 g/mol. The van der Waals surface area contributed by atoms with Crippen molar-refractivity contribution in [3.05, 3.63) is 62.0 Å². The first kappa shape index (κ1) is 15.0. The van der Waals surface area contributed by atoms with Crippen molar-refractivity contribution in [3.8, 4) is 5.75 Å². The molecule has 2 aromatic carbocycles. The summed E-state index contributed by atoms with van der Waals surface area (Å²) in [6, 6.07) is 11.3. The maximum atomic E-state index is 6.13. The first-order chi connectivity index (χ1) is 9.10. The number of ether oxygens (including phenoxy) is 1. The molecule has 0 saturated heterocycles. The van der Waals surface area contributed by atoms with E-state index in [1.54, 1.807) is 12.1 Å². The normalized spacial score (nSPS) is 10.5. The molecule has 0 fully saturated rings.